The average Bonchev–Trinajstić information content (AvgIpc) is 3.21. The third-order valence-corrected chi connectivity index (χ3v) is 4.37. The summed E-state index contributed by atoms with van der Waals surface area (Å²) in [5, 5.41) is 7.72. The molecule has 6 nitrogen and oxygen atoms in total. The summed E-state index contributed by atoms with van der Waals surface area (Å²) in [4.78, 5) is 17.5. The molecule has 0 aliphatic heterocycles. The monoisotopic (exact) mass is 376 g/mol. The fraction of sp³-hybridized carbons (Fsp3) is 0.0500. The lowest BCUT2D eigenvalue weighted by molar-refractivity contribution is 0.517. The largest absolute Gasteiger partial charge is 0.467 e. The third kappa shape index (κ3) is 3.63. The Hall–Kier alpha value is -3.32. The van der Waals surface area contributed by atoms with E-state index in [4.69, 9.17) is 4.42 Å². The summed E-state index contributed by atoms with van der Waals surface area (Å²) in [7, 11) is 0. The number of anilines is 1. The van der Waals surface area contributed by atoms with Crippen LogP contribution < -0.4 is 11.0 Å². The van der Waals surface area contributed by atoms with Crippen molar-refractivity contribution in [2.75, 3.05) is 5.32 Å². The molecule has 0 spiro atoms. The smallest absolute Gasteiger partial charge is 0.370 e. The number of aromatic nitrogens is 3. The number of para-hydroxylation sites is 1. The zero-order chi connectivity index (χ0) is 18.6. The van der Waals surface area contributed by atoms with Crippen molar-refractivity contribution in [2.45, 2.75) is 11.4 Å². The van der Waals surface area contributed by atoms with E-state index >= 15 is 0 Å². The molecule has 7 heteroatoms. The van der Waals surface area contributed by atoms with Gasteiger partial charge in [-0.1, -0.05) is 36.4 Å². The van der Waals surface area contributed by atoms with E-state index in [0.29, 0.717) is 23.7 Å². The van der Waals surface area contributed by atoms with Crippen LogP contribution in [0.25, 0.3) is 16.9 Å². The number of benzene rings is 2. The van der Waals surface area contributed by atoms with E-state index in [1.54, 1.807) is 12.3 Å². The molecule has 27 heavy (non-hydrogen) atoms. The summed E-state index contributed by atoms with van der Waals surface area (Å²) >= 11 is 4.53. The van der Waals surface area contributed by atoms with E-state index < -0.39 is 5.69 Å². The Morgan fingerprint density at radius 3 is 2.52 bits per heavy atom. The minimum absolute atomic E-state index is 0.380. The zero-order valence-electron chi connectivity index (χ0n) is 14.2. The Bertz CT molecular complexity index is 1110. The maximum atomic E-state index is 12.6. The molecular weight excluding hydrogens is 360 g/mol. The number of furan rings is 1. The molecule has 1 N–H and O–H groups in total. The van der Waals surface area contributed by atoms with E-state index in [2.05, 4.69) is 28.0 Å². The summed E-state index contributed by atoms with van der Waals surface area (Å²) in [5.74, 6) is 1.11. The second-order valence-electron chi connectivity index (χ2n) is 5.79. The van der Waals surface area contributed by atoms with Gasteiger partial charge in [-0.25, -0.2) is 4.79 Å². The maximum Gasteiger partial charge on any atom is 0.370 e. The second-order valence-corrected chi connectivity index (χ2v) is 6.27. The first-order chi connectivity index (χ1) is 13.2. The minimum Gasteiger partial charge on any atom is -0.467 e. The highest BCUT2D eigenvalue weighted by molar-refractivity contribution is 7.80. The van der Waals surface area contributed by atoms with Crippen LogP contribution in [-0.2, 0) is 6.54 Å². The van der Waals surface area contributed by atoms with Crippen molar-refractivity contribution in [1.82, 2.24) is 14.8 Å². The lowest BCUT2D eigenvalue weighted by atomic mass is 10.1. The summed E-state index contributed by atoms with van der Waals surface area (Å²) < 4.78 is 6.62. The van der Waals surface area contributed by atoms with Crippen molar-refractivity contribution in [3.05, 3.63) is 89.2 Å². The Kier molecular flexibility index (Phi) is 4.76. The first kappa shape index (κ1) is 17.1. The number of hydrogen-bond donors (Lipinski definition) is 2. The van der Waals surface area contributed by atoms with Crippen LogP contribution in [0.3, 0.4) is 0 Å². The first-order valence-corrected chi connectivity index (χ1v) is 8.78. The van der Waals surface area contributed by atoms with Crippen LogP contribution in [0.2, 0.25) is 0 Å². The molecule has 0 amide bonds. The predicted octanol–water partition coefficient (Wildman–Crippen LogP) is 3.79. The molecule has 2 aromatic heterocycles. The molecule has 0 saturated heterocycles. The molecule has 134 valence electrons. The fourth-order valence-electron chi connectivity index (χ4n) is 2.69. The molecule has 0 fully saturated rings. The van der Waals surface area contributed by atoms with Gasteiger partial charge in [0.2, 0.25) is 0 Å². The second kappa shape index (κ2) is 7.51. The normalized spacial score (nSPS) is 10.7. The van der Waals surface area contributed by atoms with Gasteiger partial charge in [0.25, 0.3) is 0 Å². The molecule has 4 rings (SSSR count). The lowest BCUT2D eigenvalue weighted by Crippen LogP contribution is -2.26. The maximum absolute atomic E-state index is 12.6. The first-order valence-electron chi connectivity index (χ1n) is 8.34. The predicted molar refractivity (Wildman–Crippen MR) is 106 cm³/mol. The van der Waals surface area contributed by atoms with Crippen LogP contribution in [0.1, 0.15) is 5.76 Å². The van der Waals surface area contributed by atoms with E-state index in [1.807, 2.05) is 60.7 Å². The Labute approximate surface area is 160 Å². The van der Waals surface area contributed by atoms with Gasteiger partial charge in [-0.15, -0.1) is 12.6 Å². The van der Waals surface area contributed by atoms with Crippen molar-refractivity contribution >= 4 is 18.4 Å². The molecule has 0 aliphatic rings. The van der Waals surface area contributed by atoms with Gasteiger partial charge in [-0.05, 0) is 30.3 Å². The van der Waals surface area contributed by atoms with Gasteiger partial charge in [0.1, 0.15) is 11.5 Å². The van der Waals surface area contributed by atoms with Crippen molar-refractivity contribution in [1.29, 1.82) is 0 Å². The van der Waals surface area contributed by atoms with Gasteiger partial charge < -0.3 is 9.73 Å². The molecule has 0 saturated carbocycles. The van der Waals surface area contributed by atoms with Crippen molar-refractivity contribution in [2.24, 2.45) is 0 Å². The molecule has 0 aliphatic carbocycles. The van der Waals surface area contributed by atoms with Crippen LogP contribution in [-0.4, -0.2) is 14.8 Å². The molecule has 2 heterocycles. The number of nitrogens with zero attached hydrogens (tertiary/aromatic N) is 3. The Balaban J connectivity index is 1.83. The third-order valence-electron chi connectivity index (χ3n) is 3.98. The topological polar surface area (TPSA) is 73.0 Å². The molecule has 0 unspecified atom stereocenters. The number of thiol groups is 1. The van der Waals surface area contributed by atoms with Gasteiger partial charge >= 0.3 is 5.69 Å². The van der Waals surface area contributed by atoms with Gasteiger partial charge in [0.05, 0.1) is 18.5 Å². The number of hydrogen-bond acceptors (Lipinski definition) is 6. The van der Waals surface area contributed by atoms with E-state index in [0.717, 1.165) is 16.2 Å². The van der Waals surface area contributed by atoms with Gasteiger partial charge in [-0.2, -0.15) is 14.8 Å². The van der Waals surface area contributed by atoms with Gasteiger partial charge in [-0.3, -0.25) is 0 Å². The number of rotatable bonds is 5. The van der Waals surface area contributed by atoms with Crippen LogP contribution in [0.5, 0.6) is 0 Å². The molecule has 0 bridgehead atoms. The summed E-state index contributed by atoms with van der Waals surface area (Å²) in [6.07, 6.45) is 1.60. The molecular formula is C20H16N4O2S. The van der Waals surface area contributed by atoms with Crippen molar-refractivity contribution < 1.29 is 4.42 Å². The molecule has 0 atom stereocenters. The van der Waals surface area contributed by atoms with Crippen molar-refractivity contribution in [3.63, 3.8) is 0 Å². The lowest BCUT2D eigenvalue weighted by Gasteiger charge is -2.13. The van der Waals surface area contributed by atoms with Crippen LogP contribution in [0.4, 0.5) is 5.82 Å². The number of nitrogens with one attached hydrogen (secondary N) is 1. The average molecular weight is 376 g/mol. The SMILES string of the molecule is O=c1nc(NCc2ccco2)c(-c2ccccc2S)nn1-c1ccccc1. The highest BCUT2D eigenvalue weighted by Crippen LogP contribution is 2.29. The van der Waals surface area contributed by atoms with Gasteiger partial charge in [0, 0.05) is 10.5 Å². The quantitative estimate of drug-likeness (QED) is 0.519. The Morgan fingerprint density at radius 1 is 1.00 bits per heavy atom. The summed E-state index contributed by atoms with van der Waals surface area (Å²) in [5.41, 5.74) is 1.49. The van der Waals surface area contributed by atoms with Crippen LogP contribution in [0.15, 0.2) is 87.1 Å². The highest BCUT2D eigenvalue weighted by atomic mass is 32.1. The molecule has 0 radical (unpaired) electrons. The molecule has 4 aromatic rings. The summed E-state index contributed by atoms with van der Waals surface area (Å²) in [6.45, 7) is 0.387. The highest BCUT2D eigenvalue weighted by Gasteiger charge is 2.16. The van der Waals surface area contributed by atoms with Gasteiger partial charge in [0.15, 0.2) is 5.82 Å². The standard InChI is InChI=1S/C20H16N4O2S/c25-20-22-19(21-13-15-9-6-12-26-15)18(16-10-4-5-11-17(16)27)23-24(20)14-7-2-1-3-8-14/h1-12,27H,13H2,(H,21,22,25). The van der Waals surface area contributed by atoms with E-state index in [1.165, 1.54) is 4.68 Å². The van der Waals surface area contributed by atoms with Crippen molar-refractivity contribution in [3.8, 4) is 16.9 Å². The van der Waals surface area contributed by atoms with Crippen LogP contribution in [0, 0.1) is 0 Å². The Morgan fingerprint density at radius 2 is 1.78 bits per heavy atom. The molecule has 2 aromatic carbocycles. The van der Waals surface area contributed by atoms with Crippen LogP contribution >= 0.6 is 12.6 Å². The zero-order valence-corrected chi connectivity index (χ0v) is 15.1. The van der Waals surface area contributed by atoms with E-state index in [9.17, 15) is 4.79 Å². The fourth-order valence-corrected chi connectivity index (χ4v) is 2.95. The minimum atomic E-state index is -0.469. The summed E-state index contributed by atoms with van der Waals surface area (Å²) in [6, 6.07) is 20.4. The van der Waals surface area contributed by atoms with E-state index in [-0.39, 0.29) is 0 Å².